The number of carbonyl (C=O) groups is 1. The summed E-state index contributed by atoms with van der Waals surface area (Å²) in [6.07, 6.45) is -0.0877. The molecule has 0 spiro atoms. The van der Waals surface area contributed by atoms with Crippen LogP contribution in [0.4, 0.5) is 0 Å². The van der Waals surface area contributed by atoms with Crippen LogP contribution in [-0.2, 0) is 18.7 Å². The zero-order valence-corrected chi connectivity index (χ0v) is 19.5. The minimum absolute atomic E-state index is 0.141. The van der Waals surface area contributed by atoms with E-state index in [0.29, 0.717) is 0 Å². The first-order valence-corrected chi connectivity index (χ1v) is 14.2. The average Bonchev–Trinajstić information content (AvgIpc) is 2.92. The molecule has 0 aromatic carbocycles. The summed E-state index contributed by atoms with van der Waals surface area (Å²) in [7, 11) is -1.90. The molecule has 0 bridgehead atoms. The van der Waals surface area contributed by atoms with Gasteiger partial charge < -0.3 is 18.7 Å². The Balaban J connectivity index is 3.06. The number of rotatable bonds is 12. The Labute approximate surface area is 163 Å². The third kappa shape index (κ3) is 6.25. The zero-order chi connectivity index (χ0) is 19.1. The van der Waals surface area contributed by atoms with E-state index in [-0.39, 0.29) is 16.8 Å². The molecule has 0 aromatic rings. The van der Waals surface area contributed by atoms with E-state index in [1.54, 1.807) is 0 Å². The molecular weight excluding hydrogens is 372 g/mol. The average molecular weight is 409 g/mol. The molecule has 0 aliphatic carbocycles. The van der Waals surface area contributed by atoms with Gasteiger partial charge in [0.2, 0.25) is 0 Å². The molecule has 1 aliphatic heterocycles. The number of aldehydes is 1. The third-order valence-corrected chi connectivity index (χ3v) is 12.2. The van der Waals surface area contributed by atoms with Crippen molar-refractivity contribution >= 4 is 38.1 Å². The fourth-order valence-corrected chi connectivity index (χ4v) is 8.73. The maximum atomic E-state index is 12.0. The molecule has 4 nitrogen and oxygen atoms in total. The largest absolute Gasteiger partial charge is 0.404 e. The van der Waals surface area contributed by atoms with Crippen LogP contribution in [0, 0.1) is 0 Å². The minimum Gasteiger partial charge on any atom is -0.404 e. The van der Waals surface area contributed by atoms with Gasteiger partial charge in [-0.05, 0) is 43.5 Å². The summed E-state index contributed by atoms with van der Waals surface area (Å²) in [5.41, 5.74) is 0. The van der Waals surface area contributed by atoms with Crippen LogP contribution in [-0.4, -0.2) is 54.8 Å². The van der Waals surface area contributed by atoms with E-state index in [0.717, 1.165) is 35.9 Å². The van der Waals surface area contributed by atoms with Gasteiger partial charge in [0.25, 0.3) is 0 Å². The van der Waals surface area contributed by atoms with Crippen molar-refractivity contribution in [2.75, 3.05) is 11.5 Å². The van der Waals surface area contributed by atoms with Crippen LogP contribution in [0.25, 0.3) is 0 Å². The molecule has 3 atom stereocenters. The van der Waals surface area contributed by atoms with Crippen molar-refractivity contribution in [2.24, 2.45) is 0 Å². The van der Waals surface area contributed by atoms with Gasteiger partial charge in [-0.15, -0.1) is 23.5 Å². The van der Waals surface area contributed by atoms with E-state index in [1.165, 1.54) is 0 Å². The Morgan fingerprint density at radius 1 is 1.00 bits per heavy atom. The summed E-state index contributed by atoms with van der Waals surface area (Å²) >= 11 is 3.73. The monoisotopic (exact) mass is 408 g/mol. The molecule has 1 rings (SSSR count). The number of carbonyl (C=O) groups excluding carboxylic acids is 1. The first-order chi connectivity index (χ1) is 11.8. The number of hydrogen-bond donors (Lipinski definition) is 0. The lowest BCUT2D eigenvalue weighted by Gasteiger charge is -2.35. The molecule has 25 heavy (non-hydrogen) atoms. The molecular formula is C18H36O4S2Si. The van der Waals surface area contributed by atoms with Crippen molar-refractivity contribution in [2.45, 2.75) is 95.3 Å². The van der Waals surface area contributed by atoms with Gasteiger partial charge in [-0.1, -0.05) is 34.6 Å². The maximum Gasteiger partial charge on any atom is 0.193 e. The fourth-order valence-electron chi connectivity index (χ4n) is 3.31. The molecule has 1 saturated heterocycles. The summed E-state index contributed by atoms with van der Waals surface area (Å²) < 4.78 is 19.2. The molecule has 1 aliphatic rings. The van der Waals surface area contributed by atoms with E-state index in [2.05, 4.69) is 34.6 Å². The van der Waals surface area contributed by atoms with Crippen LogP contribution in [0.15, 0.2) is 0 Å². The van der Waals surface area contributed by atoms with Crippen LogP contribution in [0.1, 0.15) is 48.5 Å². The molecule has 0 amide bonds. The zero-order valence-electron chi connectivity index (χ0n) is 16.9. The van der Waals surface area contributed by atoms with Gasteiger partial charge in [-0.2, -0.15) is 0 Å². The highest BCUT2D eigenvalue weighted by atomic mass is 32.2. The van der Waals surface area contributed by atoms with Crippen LogP contribution < -0.4 is 0 Å². The first kappa shape index (κ1) is 23.5. The summed E-state index contributed by atoms with van der Waals surface area (Å²) in [6.45, 7) is 14.7. The van der Waals surface area contributed by atoms with Gasteiger partial charge >= 0.3 is 0 Å². The maximum absolute atomic E-state index is 12.0. The lowest BCUT2D eigenvalue weighted by atomic mass is 10.1. The van der Waals surface area contributed by atoms with Crippen LogP contribution in [0.5, 0.6) is 0 Å². The SMILES string of the molecule is CCSC(SCC)[C@H]1OC(C)(C)O[C@@H]1[C@@H](C=O)O[Si](CC)(CC)CC. The van der Waals surface area contributed by atoms with E-state index in [4.69, 9.17) is 13.9 Å². The Kier molecular flexibility index (Phi) is 10.1. The van der Waals surface area contributed by atoms with E-state index in [9.17, 15) is 4.79 Å². The molecule has 0 saturated carbocycles. The first-order valence-electron chi connectivity index (χ1n) is 9.53. The summed E-state index contributed by atoms with van der Waals surface area (Å²) in [5.74, 6) is 1.33. The standard InChI is InChI=1S/C18H36O4S2Si/c1-8-23-17(24-9-2)16-15(20-18(6,7)21-16)14(13-19)22-25(10-3,11-4)12-5/h13-17H,8-12H2,1-7H3/t14-,15-,16+/m1/s1. The normalized spacial score (nSPS) is 24.6. The molecule has 1 fully saturated rings. The molecule has 0 aromatic heterocycles. The van der Waals surface area contributed by atoms with Gasteiger partial charge in [0.15, 0.2) is 14.1 Å². The van der Waals surface area contributed by atoms with Crippen molar-refractivity contribution in [3.63, 3.8) is 0 Å². The summed E-state index contributed by atoms with van der Waals surface area (Å²) in [6, 6.07) is 3.05. The Hall–Kier alpha value is 0.467. The highest BCUT2D eigenvalue weighted by molar-refractivity contribution is 8.17. The highest BCUT2D eigenvalue weighted by Gasteiger charge is 2.50. The quantitative estimate of drug-likeness (QED) is 0.259. The smallest absolute Gasteiger partial charge is 0.193 e. The second kappa shape index (κ2) is 10.7. The molecule has 0 unspecified atom stereocenters. The topological polar surface area (TPSA) is 44.8 Å². The second-order valence-electron chi connectivity index (χ2n) is 6.81. The third-order valence-electron chi connectivity index (χ3n) is 4.87. The predicted molar refractivity (Wildman–Crippen MR) is 112 cm³/mol. The Morgan fingerprint density at radius 2 is 1.48 bits per heavy atom. The van der Waals surface area contributed by atoms with E-state index in [1.807, 2.05) is 37.4 Å². The Bertz CT molecular complexity index is 390. The van der Waals surface area contributed by atoms with E-state index < -0.39 is 20.2 Å². The molecule has 7 heteroatoms. The van der Waals surface area contributed by atoms with Gasteiger partial charge in [0.1, 0.15) is 24.6 Å². The van der Waals surface area contributed by atoms with Crippen LogP contribution >= 0.6 is 23.5 Å². The van der Waals surface area contributed by atoms with Crippen molar-refractivity contribution in [3.05, 3.63) is 0 Å². The van der Waals surface area contributed by atoms with Gasteiger partial charge in [-0.3, -0.25) is 0 Å². The van der Waals surface area contributed by atoms with Gasteiger partial charge in [-0.25, -0.2) is 0 Å². The predicted octanol–water partition coefficient (Wildman–Crippen LogP) is 4.93. The summed E-state index contributed by atoms with van der Waals surface area (Å²) in [4.78, 5) is 12.0. The molecule has 148 valence electrons. The van der Waals surface area contributed by atoms with Crippen molar-refractivity contribution < 1.29 is 18.7 Å². The second-order valence-corrected chi connectivity index (χ2v) is 14.7. The number of thioether (sulfide) groups is 2. The van der Waals surface area contributed by atoms with Crippen molar-refractivity contribution in [1.29, 1.82) is 0 Å². The van der Waals surface area contributed by atoms with Gasteiger partial charge in [0.05, 0.1) is 4.58 Å². The summed E-state index contributed by atoms with van der Waals surface area (Å²) in [5, 5.41) is 0. The molecule has 0 N–H and O–H groups in total. The molecule has 0 radical (unpaired) electrons. The van der Waals surface area contributed by atoms with Crippen LogP contribution in [0.3, 0.4) is 0 Å². The van der Waals surface area contributed by atoms with Crippen molar-refractivity contribution in [3.8, 4) is 0 Å². The van der Waals surface area contributed by atoms with Crippen molar-refractivity contribution in [1.82, 2.24) is 0 Å². The van der Waals surface area contributed by atoms with Gasteiger partial charge in [0, 0.05) is 0 Å². The lowest BCUT2D eigenvalue weighted by molar-refractivity contribution is -0.154. The Morgan fingerprint density at radius 3 is 1.88 bits per heavy atom. The highest BCUT2D eigenvalue weighted by Crippen LogP contribution is 2.41. The number of hydrogen-bond acceptors (Lipinski definition) is 6. The molecule has 1 heterocycles. The lowest BCUT2D eigenvalue weighted by Crippen LogP contribution is -2.49. The van der Waals surface area contributed by atoms with E-state index >= 15 is 0 Å². The van der Waals surface area contributed by atoms with Crippen LogP contribution in [0.2, 0.25) is 18.1 Å². The fraction of sp³-hybridized carbons (Fsp3) is 0.944. The number of ether oxygens (including phenoxy) is 2. The minimum atomic E-state index is -1.90.